The van der Waals surface area contributed by atoms with Crippen LogP contribution >= 0.6 is 11.8 Å². The molecule has 1 rings (SSSR count). The first-order valence-electron chi connectivity index (χ1n) is 5.22. The van der Waals surface area contributed by atoms with E-state index in [4.69, 9.17) is 10.5 Å². The summed E-state index contributed by atoms with van der Waals surface area (Å²) in [6, 6.07) is 8.44. The Balaban J connectivity index is 2.52. The minimum atomic E-state index is 0.108. The van der Waals surface area contributed by atoms with Crippen LogP contribution in [0, 0.1) is 0 Å². The molecule has 0 spiro atoms. The van der Waals surface area contributed by atoms with Crippen LogP contribution in [0.3, 0.4) is 0 Å². The Morgan fingerprint density at radius 1 is 1.40 bits per heavy atom. The number of hydrogen-bond donors (Lipinski definition) is 1. The van der Waals surface area contributed by atoms with Gasteiger partial charge in [-0.05, 0) is 25.0 Å². The molecular formula is C12H19NOS. The Labute approximate surface area is 96.2 Å². The Morgan fingerprint density at radius 3 is 2.80 bits per heavy atom. The lowest BCUT2D eigenvalue weighted by molar-refractivity contribution is 0.200. The average Bonchev–Trinajstić information content (AvgIpc) is 2.25. The zero-order valence-electron chi connectivity index (χ0n) is 9.40. The van der Waals surface area contributed by atoms with Gasteiger partial charge in [0, 0.05) is 30.4 Å². The predicted molar refractivity (Wildman–Crippen MR) is 66.3 cm³/mol. The van der Waals surface area contributed by atoms with Gasteiger partial charge in [0.15, 0.2) is 0 Å². The lowest BCUT2D eigenvalue weighted by atomic mass is 10.1. The van der Waals surface area contributed by atoms with Gasteiger partial charge in [-0.2, -0.15) is 0 Å². The number of ether oxygens (including phenoxy) is 1. The van der Waals surface area contributed by atoms with Crippen molar-refractivity contribution in [3.05, 3.63) is 29.8 Å². The minimum absolute atomic E-state index is 0.108. The first kappa shape index (κ1) is 12.6. The molecular weight excluding hydrogens is 206 g/mol. The van der Waals surface area contributed by atoms with Gasteiger partial charge in [-0.1, -0.05) is 18.2 Å². The third-order valence-corrected chi connectivity index (χ3v) is 3.34. The molecule has 0 aliphatic heterocycles. The maximum atomic E-state index is 5.91. The van der Waals surface area contributed by atoms with Crippen molar-refractivity contribution in [3.8, 4) is 0 Å². The summed E-state index contributed by atoms with van der Waals surface area (Å²) in [6.45, 7) is 2.85. The zero-order chi connectivity index (χ0) is 11.1. The van der Waals surface area contributed by atoms with E-state index >= 15 is 0 Å². The van der Waals surface area contributed by atoms with E-state index in [0.717, 1.165) is 18.8 Å². The summed E-state index contributed by atoms with van der Waals surface area (Å²) < 4.78 is 5.02. The minimum Gasteiger partial charge on any atom is -0.385 e. The van der Waals surface area contributed by atoms with Crippen molar-refractivity contribution in [1.29, 1.82) is 0 Å². The van der Waals surface area contributed by atoms with E-state index < -0.39 is 0 Å². The molecule has 0 unspecified atom stereocenters. The van der Waals surface area contributed by atoms with E-state index in [1.165, 1.54) is 10.5 Å². The highest BCUT2D eigenvalue weighted by Crippen LogP contribution is 2.26. The van der Waals surface area contributed by atoms with Crippen molar-refractivity contribution in [3.63, 3.8) is 0 Å². The van der Waals surface area contributed by atoms with Crippen molar-refractivity contribution in [2.24, 2.45) is 5.73 Å². The number of methoxy groups -OCH3 is 1. The van der Waals surface area contributed by atoms with Crippen LogP contribution in [-0.2, 0) is 4.74 Å². The topological polar surface area (TPSA) is 35.2 Å². The quantitative estimate of drug-likeness (QED) is 0.597. The number of hydrogen-bond acceptors (Lipinski definition) is 3. The van der Waals surface area contributed by atoms with Gasteiger partial charge in [-0.15, -0.1) is 11.8 Å². The monoisotopic (exact) mass is 225 g/mol. The Bertz CT molecular complexity index is 289. The molecule has 15 heavy (non-hydrogen) atoms. The maximum Gasteiger partial charge on any atom is 0.0470 e. The first-order valence-corrected chi connectivity index (χ1v) is 6.20. The number of nitrogens with two attached hydrogens (primary N) is 1. The predicted octanol–water partition coefficient (Wildman–Crippen LogP) is 2.83. The molecule has 0 radical (unpaired) electrons. The zero-order valence-corrected chi connectivity index (χ0v) is 10.2. The van der Waals surface area contributed by atoms with Gasteiger partial charge >= 0.3 is 0 Å². The fraction of sp³-hybridized carbons (Fsp3) is 0.500. The lowest BCUT2D eigenvalue weighted by Crippen LogP contribution is -2.06. The van der Waals surface area contributed by atoms with Crippen LogP contribution in [0.4, 0.5) is 0 Å². The molecule has 0 aliphatic rings. The van der Waals surface area contributed by atoms with Crippen LogP contribution in [0.5, 0.6) is 0 Å². The summed E-state index contributed by atoms with van der Waals surface area (Å²) in [5.41, 5.74) is 7.14. The highest BCUT2D eigenvalue weighted by molar-refractivity contribution is 7.99. The van der Waals surface area contributed by atoms with Crippen molar-refractivity contribution >= 4 is 11.8 Å². The largest absolute Gasteiger partial charge is 0.385 e. The third-order valence-electron chi connectivity index (χ3n) is 2.16. The summed E-state index contributed by atoms with van der Waals surface area (Å²) in [7, 11) is 1.74. The summed E-state index contributed by atoms with van der Waals surface area (Å²) in [5, 5.41) is 0. The molecule has 84 valence electrons. The molecule has 3 heteroatoms. The average molecular weight is 225 g/mol. The van der Waals surface area contributed by atoms with E-state index in [9.17, 15) is 0 Å². The van der Waals surface area contributed by atoms with Crippen molar-refractivity contribution in [2.45, 2.75) is 24.3 Å². The third kappa shape index (κ3) is 4.24. The van der Waals surface area contributed by atoms with Crippen molar-refractivity contribution in [2.75, 3.05) is 19.5 Å². The number of thioether (sulfide) groups is 1. The Morgan fingerprint density at radius 2 is 2.13 bits per heavy atom. The second-order valence-electron chi connectivity index (χ2n) is 3.52. The molecule has 0 fully saturated rings. The number of rotatable bonds is 6. The fourth-order valence-electron chi connectivity index (χ4n) is 1.37. The Kier molecular flexibility index (Phi) is 5.76. The van der Waals surface area contributed by atoms with Crippen LogP contribution < -0.4 is 5.73 Å². The van der Waals surface area contributed by atoms with E-state index in [2.05, 4.69) is 18.2 Å². The van der Waals surface area contributed by atoms with E-state index in [1.807, 2.05) is 24.8 Å². The van der Waals surface area contributed by atoms with E-state index in [0.29, 0.717) is 0 Å². The van der Waals surface area contributed by atoms with Gasteiger partial charge in [0.2, 0.25) is 0 Å². The van der Waals surface area contributed by atoms with Crippen LogP contribution in [0.25, 0.3) is 0 Å². The van der Waals surface area contributed by atoms with Gasteiger partial charge in [0.05, 0.1) is 0 Å². The van der Waals surface area contributed by atoms with Crippen molar-refractivity contribution < 1.29 is 4.74 Å². The fourth-order valence-corrected chi connectivity index (χ4v) is 2.45. The van der Waals surface area contributed by atoms with Crippen LogP contribution in [0.1, 0.15) is 24.9 Å². The van der Waals surface area contributed by atoms with E-state index in [1.54, 1.807) is 7.11 Å². The molecule has 0 bridgehead atoms. The molecule has 2 N–H and O–H groups in total. The standard InChI is InChI=1S/C12H19NOS/c1-10(13)11-6-3-4-7-12(11)15-9-5-8-14-2/h3-4,6-7,10H,5,8-9,13H2,1-2H3/t10-/m0/s1. The van der Waals surface area contributed by atoms with Gasteiger partial charge in [-0.25, -0.2) is 0 Å². The van der Waals surface area contributed by atoms with E-state index in [-0.39, 0.29) is 6.04 Å². The number of benzene rings is 1. The molecule has 0 saturated carbocycles. The first-order chi connectivity index (χ1) is 7.25. The molecule has 1 atom stereocenters. The second kappa shape index (κ2) is 6.88. The molecule has 0 aromatic heterocycles. The van der Waals surface area contributed by atoms with Gasteiger partial charge < -0.3 is 10.5 Å². The summed E-state index contributed by atoms with van der Waals surface area (Å²) in [6.07, 6.45) is 1.08. The molecule has 0 heterocycles. The molecule has 0 aliphatic carbocycles. The lowest BCUT2D eigenvalue weighted by Gasteiger charge is -2.11. The molecule has 0 saturated heterocycles. The van der Waals surface area contributed by atoms with Crippen LogP contribution in [0.2, 0.25) is 0 Å². The Hall–Kier alpha value is -0.510. The SMILES string of the molecule is COCCCSc1ccccc1[C@H](C)N. The normalized spacial score (nSPS) is 12.7. The van der Waals surface area contributed by atoms with Gasteiger partial charge in [0.25, 0.3) is 0 Å². The summed E-state index contributed by atoms with van der Waals surface area (Å²) >= 11 is 1.86. The molecule has 1 aromatic rings. The van der Waals surface area contributed by atoms with Crippen molar-refractivity contribution in [1.82, 2.24) is 0 Å². The summed E-state index contributed by atoms with van der Waals surface area (Å²) in [5.74, 6) is 1.08. The second-order valence-corrected chi connectivity index (χ2v) is 4.66. The molecule has 2 nitrogen and oxygen atoms in total. The molecule has 0 amide bonds. The highest BCUT2D eigenvalue weighted by atomic mass is 32.2. The maximum absolute atomic E-state index is 5.91. The highest BCUT2D eigenvalue weighted by Gasteiger charge is 2.05. The molecule has 1 aromatic carbocycles. The van der Waals surface area contributed by atoms with Gasteiger partial charge in [0.1, 0.15) is 0 Å². The van der Waals surface area contributed by atoms with Crippen LogP contribution in [-0.4, -0.2) is 19.5 Å². The smallest absolute Gasteiger partial charge is 0.0470 e. The van der Waals surface area contributed by atoms with Crippen LogP contribution in [0.15, 0.2) is 29.2 Å². The summed E-state index contributed by atoms with van der Waals surface area (Å²) in [4.78, 5) is 1.30. The van der Waals surface area contributed by atoms with Gasteiger partial charge in [-0.3, -0.25) is 0 Å².